The molecule has 0 bridgehead atoms. The molecule has 1 N–H and O–H groups in total. The van der Waals surface area contributed by atoms with Crippen molar-refractivity contribution in [1.29, 1.82) is 0 Å². The first-order chi connectivity index (χ1) is 12.5. The van der Waals surface area contributed by atoms with Gasteiger partial charge < -0.3 is 10.1 Å². The minimum atomic E-state index is -0.0746. The van der Waals surface area contributed by atoms with Crippen LogP contribution in [0, 0.1) is 0 Å². The second-order valence-electron chi connectivity index (χ2n) is 7.15. The largest absolute Gasteiger partial charge is 0.373 e. The third kappa shape index (κ3) is 4.93. The summed E-state index contributed by atoms with van der Waals surface area (Å²) in [5.74, 6) is -0.0746. The monoisotopic (exact) mass is 352 g/mol. The fraction of sp³-hybridized carbons (Fsp3) is 0.409. The van der Waals surface area contributed by atoms with Gasteiger partial charge in [0, 0.05) is 30.9 Å². The van der Waals surface area contributed by atoms with Crippen LogP contribution < -0.4 is 5.32 Å². The lowest BCUT2D eigenvalue weighted by molar-refractivity contribution is -0.0704. The molecule has 2 atom stereocenters. The highest BCUT2D eigenvalue weighted by atomic mass is 16.5. The van der Waals surface area contributed by atoms with Crippen LogP contribution >= 0.6 is 0 Å². The van der Waals surface area contributed by atoms with Gasteiger partial charge in [-0.3, -0.25) is 9.69 Å². The summed E-state index contributed by atoms with van der Waals surface area (Å²) >= 11 is 0. The number of morpholine rings is 1. The Labute approximate surface area is 156 Å². The van der Waals surface area contributed by atoms with Gasteiger partial charge in [-0.1, -0.05) is 31.2 Å². The van der Waals surface area contributed by atoms with Crippen LogP contribution in [0.15, 0.2) is 48.5 Å². The highest BCUT2D eigenvalue weighted by molar-refractivity contribution is 6.04. The van der Waals surface area contributed by atoms with E-state index >= 15 is 0 Å². The lowest BCUT2D eigenvalue weighted by Crippen LogP contribution is -2.44. The Morgan fingerprint density at radius 2 is 1.58 bits per heavy atom. The second-order valence-corrected chi connectivity index (χ2v) is 7.15. The molecule has 4 heteroatoms. The molecule has 4 nitrogen and oxygen atoms in total. The first-order valence-corrected chi connectivity index (χ1v) is 9.40. The fourth-order valence-corrected chi connectivity index (χ4v) is 3.46. The van der Waals surface area contributed by atoms with Gasteiger partial charge in [0.15, 0.2) is 0 Å². The number of carbonyl (C=O) groups is 1. The molecule has 2 unspecified atom stereocenters. The number of amides is 1. The molecular weight excluding hydrogens is 324 g/mol. The molecule has 0 radical (unpaired) electrons. The van der Waals surface area contributed by atoms with Crippen molar-refractivity contribution >= 4 is 11.6 Å². The number of aryl methyl sites for hydroxylation is 1. The molecule has 1 aliphatic rings. The number of ether oxygens (including phenoxy) is 1. The average Bonchev–Trinajstić information content (AvgIpc) is 2.62. The number of hydrogen-bond acceptors (Lipinski definition) is 3. The normalized spacial score (nSPS) is 20.7. The van der Waals surface area contributed by atoms with E-state index in [1.54, 1.807) is 0 Å². The Morgan fingerprint density at radius 3 is 2.15 bits per heavy atom. The van der Waals surface area contributed by atoms with E-state index in [0.29, 0.717) is 5.56 Å². The molecular formula is C22H28N2O2. The van der Waals surface area contributed by atoms with Crippen LogP contribution in [0.1, 0.15) is 42.3 Å². The molecule has 138 valence electrons. The van der Waals surface area contributed by atoms with E-state index < -0.39 is 0 Å². The number of carbonyl (C=O) groups excluding carboxylic acids is 1. The molecule has 1 saturated heterocycles. The zero-order valence-electron chi connectivity index (χ0n) is 15.9. The third-order valence-corrected chi connectivity index (χ3v) is 4.74. The summed E-state index contributed by atoms with van der Waals surface area (Å²) < 4.78 is 5.78. The van der Waals surface area contributed by atoms with Crippen molar-refractivity contribution < 1.29 is 9.53 Å². The quantitative estimate of drug-likeness (QED) is 0.880. The maximum Gasteiger partial charge on any atom is 0.255 e. The lowest BCUT2D eigenvalue weighted by atomic mass is 10.1. The Balaban J connectivity index is 1.58. The maximum atomic E-state index is 12.4. The Bertz CT molecular complexity index is 715. The van der Waals surface area contributed by atoms with Crippen LogP contribution in [-0.4, -0.2) is 36.1 Å². The van der Waals surface area contributed by atoms with Gasteiger partial charge in [0.05, 0.1) is 12.2 Å². The van der Waals surface area contributed by atoms with Crippen molar-refractivity contribution in [2.45, 2.75) is 45.9 Å². The number of nitrogens with one attached hydrogen (secondary N) is 1. The Hall–Kier alpha value is -2.17. The Morgan fingerprint density at radius 1 is 1.00 bits per heavy atom. The number of rotatable bonds is 5. The molecule has 26 heavy (non-hydrogen) atoms. The summed E-state index contributed by atoms with van der Waals surface area (Å²) in [6, 6.07) is 15.9. The Kier molecular flexibility index (Phi) is 6.07. The number of anilines is 1. The SMILES string of the molecule is CCc1ccc(NC(=O)c2ccc(CN3CC(C)OC(C)C3)cc2)cc1. The highest BCUT2D eigenvalue weighted by Gasteiger charge is 2.22. The van der Waals surface area contributed by atoms with Gasteiger partial charge in [0.25, 0.3) is 5.91 Å². The van der Waals surface area contributed by atoms with Crippen molar-refractivity contribution in [3.05, 3.63) is 65.2 Å². The van der Waals surface area contributed by atoms with Crippen LogP contribution in [0.4, 0.5) is 5.69 Å². The summed E-state index contributed by atoms with van der Waals surface area (Å²) in [7, 11) is 0. The van der Waals surface area contributed by atoms with Crippen LogP contribution in [0.2, 0.25) is 0 Å². The van der Waals surface area contributed by atoms with E-state index in [-0.39, 0.29) is 18.1 Å². The van der Waals surface area contributed by atoms with Gasteiger partial charge in [-0.05, 0) is 55.7 Å². The molecule has 0 spiro atoms. The van der Waals surface area contributed by atoms with Crippen molar-refractivity contribution in [2.75, 3.05) is 18.4 Å². The summed E-state index contributed by atoms with van der Waals surface area (Å²) in [6.07, 6.45) is 1.53. The smallest absolute Gasteiger partial charge is 0.255 e. The molecule has 0 aliphatic carbocycles. The lowest BCUT2D eigenvalue weighted by Gasteiger charge is -2.35. The highest BCUT2D eigenvalue weighted by Crippen LogP contribution is 2.16. The number of benzene rings is 2. The zero-order valence-corrected chi connectivity index (χ0v) is 15.9. The second kappa shape index (κ2) is 8.47. The van der Waals surface area contributed by atoms with Crippen LogP contribution in [0.5, 0.6) is 0 Å². The summed E-state index contributed by atoms with van der Waals surface area (Å²) in [5.41, 5.74) is 3.99. The van der Waals surface area contributed by atoms with Crippen LogP contribution in [0.25, 0.3) is 0 Å². The predicted octanol–water partition coefficient (Wildman–Crippen LogP) is 4.11. The maximum absolute atomic E-state index is 12.4. The minimum Gasteiger partial charge on any atom is -0.373 e. The van der Waals surface area contributed by atoms with Gasteiger partial charge in [-0.15, -0.1) is 0 Å². The van der Waals surface area contributed by atoms with Crippen molar-refractivity contribution in [2.24, 2.45) is 0 Å². The topological polar surface area (TPSA) is 41.6 Å². The van der Waals surface area contributed by atoms with E-state index in [1.165, 1.54) is 11.1 Å². The number of hydrogen-bond donors (Lipinski definition) is 1. The molecule has 3 rings (SSSR count). The van der Waals surface area contributed by atoms with Crippen LogP contribution in [-0.2, 0) is 17.7 Å². The molecule has 2 aromatic rings. The van der Waals surface area contributed by atoms with Gasteiger partial charge in [0.1, 0.15) is 0 Å². The summed E-state index contributed by atoms with van der Waals surface area (Å²) in [6.45, 7) is 9.12. The molecule has 0 aromatic heterocycles. The predicted molar refractivity (Wildman–Crippen MR) is 106 cm³/mol. The van der Waals surface area contributed by atoms with Gasteiger partial charge in [0.2, 0.25) is 0 Å². The van der Waals surface area contributed by atoms with E-state index in [0.717, 1.165) is 31.7 Å². The minimum absolute atomic E-state index is 0.0746. The van der Waals surface area contributed by atoms with E-state index in [9.17, 15) is 4.79 Å². The standard InChI is InChI=1S/C22H28N2O2/c1-4-18-7-11-21(12-8-18)23-22(25)20-9-5-19(6-10-20)15-24-13-16(2)26-17(3)14-24/h5-12,16-17H,4,13-15H2,1-3H3,(H,23,25). The first kappa shape index (κ1) is 18.6. The number of nitrogens with zero attached hydrogens (tertiary/aromatic N) is 1. The van der Waals surface area contributed by atoms with Gasteiger partial charge in [-0.25, -0.2) is 0 Å². The zero-order chi connectivity index (χ0) is 18.5. The van der Waals surface area contributed by atoms with Crippen molar-refractivity contribution in [3.8, 4) is 0 Å². The van der Waals surface area contributed by atoms with E-state index in [4.69, 9.17) is 4.74 Å². The van der Waals surface area contributed by atoms with Crippen LogP contribution in [0.3, 0.4) is 0 Å². The molecule has 0 saturated carbocycles. The fourth-order valence-electron chi connectivity index (χ4n) is 3.46. The molecule has 1 heterocycles. The molecule has 1 aliphatic heterocycles. The van der Waals surface area contributed by atoms with E-state index in [2.05, 4.69) is 31.0 Å². The van der Waals surface area contributed by atoms with Gasteiger partial charge in [-0.2, -0.15) is 0 Å². The van der Waals surface area contributed by atoms with Gasteiger partial charge >= 0.3 is 0 Å². The molecule has 1 fully saturated rings. The third-order valence-electron chi connectivity index (χ3n) is 4.74. The van der Waals surface area contributed by atoms with Crippen molar-refractivity contribution in [1.82, 2.24) is 4.90 Å². The van der Waals surface area contributed by atoms with Crippen molar-refractivity contribution in [3.63, 3.8) is 0 Å². The summed E-state index contributed by atoms with van der Waals surface area (Å²) in [4.78, 5) is 14.8. The average molecular weight is 352 g/mol. The first-order valence-electron chi connectivity index (χ1n) is 9.40. The molecule has 1 amide bonds. The summed E-state index contributed by atoms with van der Waals surface area (Å²) in [5, 5.41) is 2.96. The van der Waals surface area contributed by atoms with E-state index in [1.807, 2.05) is 48.5 Å². The molecule has 2 aromatic carbocycles.